The van der Waals surface area contributed by atoms with E-state index in [0.29, 0.717) is 0 Å². The fourth-order valence-corrected chi connectivity index (χ4v) is 4.63. The molecule has 1 saturated heterocycles. The Morgan fingerprint density at radius 1 is 1.37 bits per heavy atom. The fourth-order valence-electron chi connectivity index (χ4n) is 3.11. The summed E-state index contributed by atoms with van der Waals surface area (Å²) in [5.41, 5.74) is 4.88. The molecule has 0 aliphatic carbocycles. The molecule has 2 heterocycles. The molecule has 1 aromatic heterocycles. The number of aliphatic carboxylic acids is 1. The molecule has 188 valence electrons. The molecule has 0 saturated carbocycles. The van der Waals surface area contributed by atoms with Crippen LogP contribution in [0.15, 0.2) is 57.3 Å². The summed E-state index contributed by atoms with van der Waals surface area (Å²) < 4.78 is 30.2. The predicted molar refractivity (Wildman–Crippen MR) is 116 cm³/mol. The van der Waals surface area contributed by atoms with Crippen molar-refractivity contribution in [2.75, 3.05) is 6.61 Å². The summed E-state index contributed by atoms with van der Waals surface area (Å²) in [7, 11) is -4.53. The summed E-state index contributed by atoms with van der Waals surface area (Å²) in [6, 6.07) is 7.10. The van der Waals surface area contributed by atoms with Gasteiger partial charge in [0, 0.05) is 17.2 Å². The molecule has 6 atom stereocenters. The molecule has 1 aliphatic rings. The zero-order valence-electron chi connectivity index (χ0n) is 18.0. The number of ether oxygens (including phenoxy) is 1. The third-order valence-electron chi connectivity index (χ3n) is 4.87. The van der Waals surface area contributed by atoms with E-state index >= 15 is 0 Å². The minimum Gasteiger partial charge on any atom is -0.480 e. The van der Waals surface area contributed by atoms with E-state index in [-0.39, 0.29) is 5.75 Å². The quantitative estimate of drug-likeness (QED) is 0.123. The van der Waals surface area contributed by atoms with Crippen LogP contribution in [0.2, 0.25) is 0 Å². The lowest BCUT2D eigenvalue weighted by molar-refractivity contribution is -0.138. The zero-order chi connectivity index (χ0) is 25.8. The third-order valence-corrected chi connectivity index (χ3v) is 6.50. The Morgan fingerprint density at radius 3 is 2.66 bits per heavy atom. The molecule has 1 aromatic carbocycles. The Kier molecular flexibility index (Phi) is 7.77. The standard InChI is InChI=1S/C18H21N6O10P/c1-10(16(28)29)21-35(31,34-11-5-3-2-4-6-11)32-9-18(22-23-19)14(27)13(26)15(33-18)24-8-7-12(25)20-17(24)30/h2-8,10,13-15,26-27H,9H2,1H3,(H,21,31)(H,28,29)(H,20,25,30)/t10-,13+,14-,15+,18+,35?/m0/s1. The van der Waals surface area contributed by atoms with Gasteiger partial charge in [-0.1, -0.05) is 23.3 Å². The molecule has 1 fully saturated rings. The highest BCUT2D eigenvalue weighted by Crippen LogP contribution is 2.48. The number of carboxylic acids is 1. The number of azide groups is 1. The summed E-state index contributed by atoms with van der Waals surface area (Å²) in [5, 5.41) is 35.8. The van der Waals surface area contributed by atoms with Gasteiger partial charge in [-0.05, 0) is 24.6 Å². The van der Waals surface area contributed by atoms with Gasteiger partial charge in [-0.25, -0.2) is 9.36 Å². The van der Waals surface area contributed by atoms with E-state index < -0.39 is 61.8 Å². The van der Waals surface area contributed by atoms with Gasteiger partial charge in [-0.2, -0.15) is 5.09 Å². The molecule has 0 radical (unpaired) electrons. The first-order valence-electron chi connectivity index (χ1n) is 9.92. The fraction of sp³-hybridized carbons (Fsp3) is 0.389. The van der Waals surface area contributed by atoms with Gasteiger partial charge in [-0.15, -0.1) is 0 Å². The smallest absolute Gasteiger partial charge is 0.459 e. The van der Waals surface area contributed by atoms with E-state index in [1.807, 2.05) is 4.98 Å². The van der Waals surface area contributed by atoms with Crippen LogP contribution in [0.25, 0.3) is 10.4 Å². The first-order valence-corrected chi connectivity index (χ1v) is 11.5. The monoisotopic (exact) mass is 512 g/mol. The van der Waals surface area contributed by atoms with E-state index in [9.17, 15) is 34.3 Å². The second kappa shape index (κ2) is 10.4. The largest absolute Gasteiger partial charge is 0.480 e. The molecule has 0 bridgehead atoms. The van der Waals surface area contributed by atoms with Crippen LogP contribution in [-0.2, 0) is 18.6 Å². The maximum atomic E-state index is 13.4. The lowest BCUT2D eigenvalue weighted by Crippen LogP contribution is -2.45. The molecular weight excluding hydrogens is 491 g/mol. The second-order valence-corrected chi connectivity index (χ2v) is 9.05. The van der Waals surface area contributed by atoms with Crippen molar-refractivity contribution >= 4 is 13.7 Å². The van der Waals surface area contributed by atoms with E-state index in [1.54, 1.807) is 18.2 Å². The van der Waals surface area contributed by atoms with Gasteiger partial charge < -0.3 is 24.6 Å². The number of para-hydroxylation sites is 1. The van der Waals surface area contributed by atoms with E-state index in [4.69, 9.17) is 19.3 Å². The zero-order valence-corrected chi connectivity index (χ0v) is 18.9. The normalized spacial score (nSPS) is 26.3. The minimum atomic E-state index is -4.53. The van der Waals surface area contributed by atoms with Crippen LogP contribution < -0.4 is 20.9 Å². The number of aliphatic hydroxyl groups is 2. The van der Waals surface area contributed by atoms with Gasteiger partial charge in [0.2, 0.25) is 5.72 Å². The Balaban J connectivity index is 1.92. The van der Waals surface area contributed by atoms with Crippen molar-refractivity contribution in [2.45, 2.75) is 37.1 Å². The summed E-state index contributed by atoms with van der Waals surface area (Å²) in [5.74, 6) is -1.36. The number of aliphatic hydroxyl groups excluding tert-OH is 2. The Hall–Kier alpha value is -3.49. The number of aromatic nitrogens is 2. The predicted octanol–water partition coefficient (Wildman–Crippen LogP) is 0.0602. The maximum Gasteiger partial charge on any atom is 0.459 e. The lowest BCUT2D eigenvalue weighted by atomic mass is 10.1. The highest BCUT2D eigenvalue weighted by atomic mass is 31.2. The van der Waals surface area contributed by atoms with Crippen molar-refractivity contribution in [3.8, 4) is 5.75 Å². The molecule has 1 aliphatic heterocycles. The van der Waals surface area contributed by atoms with Gasteiger partial charge in [-0.3, -0.25) is 23.7 Å². The van der Waals surface area contributed by atoms with E-state index in [1.165, 1.54) is 19.1 Å². The van der Waals surface area contributed by atoms with E-state index in [0.717, 1.165) is 16.8 Å². The van der Waals surface area contributed by atoms with Crippen LogP contribution in [0.1, 0.15) is 13.2 Å². The SMILES string of the molecule is C[C@H](NP(=O)(OC[C@@]1(N=[N+]=[N-])O[C@@H](n2ccc(=O)[nH]c2=O)[C@H](O)[C@@H]1O)Oc1ccccc1)C(=O)O. The molecular formula is C18H21N6O10P. The van der Waals surface area contributed by atoms with Gasteiger partial charge in [0.05, 0.1) is 6.61 Å². The second-order valence-electron chi connectivity index (χ2n) is 7.36. The van der Waals surface area contributed by atoms with Crippen molar-refractivity contribution in [1.29, 1.82) is 0 Å². The van der Waals surface area contributed by atoms with Crippen molar-refractivity contribution in [1.82, 2.24) is 14.6 Å². The number of nitrogens with one attached hydrogen (secondary N) is 2. The number of carbonyl (C=O) groups is 1. The summed E-state index contributed by atoms with van der Waals surface area (Å²) in [6.45, 7) is 0.159. The minimum absolute atomic E-state index is 0.0318. The summed E-state index contributed by atoms with van der Waals surface area (Å²) in [6.07, 6.45) is -4.55. The first kappa shape index (κ1) is 26.1. The molecule has 2 aromatic rings. The maximum absolute atomic E-state index is 13.4. The molecule has 1 unspecified atom stereocenters. The lowest BCUT2D eigenvalue weighted by Gasteiger charge is -2.29. The number of nitrogens with zero attached hydrogens (tertiary/aromatic N) is 4. The first-order chi connectivity index (χ1) is 16.5. The van der Waals surface area contributed by atoms with Crippen LogP contribution in [0, 0.1) is 0 Å². The molecule has 16 nitrogen and oxygen atoms in total. The third kappa shape index (κ3) is 5.78. The van der Waals surface area contributed by atoms with Crippen LogP contribution in [0.5, 0.6) is 5.75 Å². The number of hydrogen-bond donors (Lipinski definition) is 5. The molecule has 3 rings (SSSR count). The van der Waals surface area contributed by atoms with Crippen LogP contribution in [-0.4, -0.2) is 61.4 Å². The molecule has 17 heteroatoms. The number of hydrogen-bond acceptors (Lipinski definition) is 10. The summed E-state index contributed by atoms with van der Waals surface area (Å²) >= 11 is 0. The van der Waals surface area contributed by atoms with Crippen molar-refractivity contribution in [3.63, 3.8) is 0 Å². The highest BCUT2D eigenvalue weighted by Gasteiger charge is 2.56. The van der Waals surface area contributed by atoms with Crippen molar-refractivity contribution in [2.24, 2.45) is 5.11 Å². The van der Waals surface area contributed by atoms with Crippen LogP contribution in [0.3, 0.4) is 0 Å². The van der Waals surface area contributed by atoms with E-state index in [2.05, 4.69) is 15.1 Å². The topological polar surface area (TPSA) is 238 Å². The Labute approximate surface area is 195 Å². The number of rotatable bonds is 10. The van der Waals surface area contributed by atoms with Gasteiger partial charge in [0.25, 0.3) is 5.56 Å². The molecule has 5 N–H and O–H groups in total. The van der Waals surface area contributed by atoms with Crippen LogP contribution in [0.4, 0.5) is 0 Å². The highest BCUT2D eigenvalue weighted by molar-refractivity contribution is 7.52. The van der Waals surface area contributed by atoms with Crippen molar-refractivity contribution in [3.05, 3.63) is 73.9 Å². The molecule has 35 heavy (non-hydrogen) atoms. The van der Waals surface area contributed by atoms with Gasteiger partial charge in [0.15, 0.2) is 6.23 Å². The number of benzene rings is 1. The Morgan fingerprint density at radius 2 is 2.06 bits per heavy atom. The van der Waals surface area contributed by atoms with Crippen LogP contribution >= 0.6 is 7.75 Å². The molecule has 0 spiro atoms. The molecule has 0 amide bonds. The van der Waals surface area contributed by atoms with Gasteiger partial charge >= 0.3 is 19.4 Å². The Bertz CT molecular complexity index is 1280. The summed E-state index contributed by atoms with van der Waals surface area (Å²) in [4.78, 5) is 39.3. The average Bonchev–Trinajstić information content (AvgIpc) is 3.04. The van der Waals surface area contributed by atoms with Gasteiger partial charge in [0.1, 0.15) is 24.0 Å². The number of aromatic amines is 1. The number of H-pyrrole nitrogens is 1. The average molecular weight is 512 g/mol. The van der Waals surface area contributed by atoms with Crippen molar-refractivity contribution < 1.29 is 38.5 Å². The number of carboxylic acid groups (broad SMARTS) is 1.